The molecule has 11 heteroatoms. The van der Waals surface area contributed by atoms with E-state index in [0.29, 0.717) is 0 Å². The molecule has 1 aromatic carbocycles. The normalized spacial score (nSPS) is 19.8. The maximum absolute atomic E-state index is 14.4. The first-order valence-electron chi connectivity index (χ1n) is 7.31. The molecule has 8 nitrogen and oxygen atoms in total. The van der Waals surface area contributed by atoms with Crippen molar-refractivity contribution in [3.63, 3.8) is 0 Å². The number of carbonyl (C=O) groups excluding carboxylic acids is 2. The molecule has 0 spiro atoms. The number of halogens is 2. The molecule has 3 rings (SSSR count). The lowest BCUT2D eigenvalue weighted by Crippen LogP contribution is -2.37. The molecule has 1 atom stereocenters. The highest BCUT2D eigenvalue weighted by Gasteiger charge is 2.35. The first-order chi connectivity index (χ1) is 11.9. The molecule has 0 bridgehead atoms. The van der Waals surface area contributed by atoms with Crippen molar-refractivity contribution in [1.82, 2.24) is 5.32 Å². The number of anilines is 2. The Balaban J connectivity index is 1.80. The largest absolute Gasteiger partial charge is 0.447 e. The lowest BCUT2D eigenvalue weighted by atomic mass is 10.2. The van der Waals surface area contributed by atoms with E-state index in [2.05, 4.69) is 22.3 Å². The van der Waals surface area contributed by atoms with Crippen LogP contribution in [0.5, 0.6) is 0 Å². The Bertz CT molecular complexity index is 725. The number of nitrogens with one attached hydrogen (secondary N) is 1. The van der Waals surface area contributed by atoms with Crippen LogP contribution in [0.25, 0.3) is 0 Å². The third-order valence-electron chi connectivity index (χ3n) is 3.72. The predicted octanol–water partition coefficient (Wildman–Crippen LogP) is 1.08. The molecular weight excluding hydrogens is 358 g/mol. The fourth-order valence-electron chi connectivity index (χ4n) is 2.62. The number of cyclic esters (lactones) is 2. The summed E-state index contributed by atoms with van der Waals surface area (Å²) >= 11 is 4.66. The van der Waals surface area contributed by atoms with E-state index < -0.39 is 35.6 Å². The first kappa shape index (κ1) is 17.1. The number of nitrogens with two attached hydrogens (primary N) is 1. The van der Waals surface area contributed by atoms with Gasteiger partial charge in [0, 0.05) is 12.1 Å². The van der Waals surface area contributed by atoms with Crippen LogP contribution < -0.4 is 20.9 Å². The van der Waals surface area contributed by atoms with Crippen LogP contribution in [-0.4, -0.2) is 49.6 Å². The minimum Gasteiger partial charge on any atom is -0.447 e. The fraction of sp³-hybridized carbons (Fsp3) is 0.357. The second-order valence-corrected chi connectivity index (χ2v) is 5.83. The van der Waals surface area contributed by atoms with E-state index in [1.54, 1.807) is 0 Å². The van der Waals surface area contributed by atoms with Gasteiger partial charge < -0.3 is 20.5 Å². The number of hydrogen-bond donors (Lipinski definition) is 2. The van der Waals surface area contributed by atoms with Crippen molar-refractivity contribution in [2.45, 2.75) is 6.10 Å². The zero-order valence-corrected chi connectivity index (χ0v) is 13.6. The number of benzene rings is 1. The van der Waals surface area contributed by atoms with Gasteiger partial charge in [-0.1, -0.05) is 0 Å². The van der Waals surface area contributed by atoms with Gasteiger partial charge in [0.25, 0.3) is 0 Å². The van der Waals surface area contributed by atoms with Crippen LogP contribution in [0.4, 0.5) is 29.7 Å². The summed E-state index contributed by atoms with van der Waals surface area (Å²) in [5.41, 5.74) is 4.77. The van der Waals surface area contributed by atoms with Crippen molar-refractivity contribution in [2.24, 2.45) is 5.73 Å². The second kappa shape index (κ2) is 6.67. The molecule has 2 aliphatic rings. The average Bonchev–Trinajstić information content (AvgIpc) is 3.11. The van der Waals surface area contributed by atoms with Crippen molar-refractivity contribution in [3.8, 4) is 0 Å². The molecule has 2 fully saturated rings. The van der Waals surface area contributed by atoms with Gasteiger partial charge in [-0.3, -0.25) is 9.80 Å². The Morgan fingerprint density at radius 1 is 1.28 bits per heavy atom. The summed E-state index contributed by atoms with van der Waals surface area (Å²) < 4.78 is 38.5. The van der Waals surface area contributed by atoms with Crippen LogP contribution in [0, 0.1) is 11.6 Å². The van der Waals surface area contributed by atoms with Crippen LogP contribution in [-0.2, 0) is 9.47 Å². The van der Waals surface area contributed by atoms with E-state index >= 15 is 0 Å². The topological polar surface area (TPSA) is 97.1 Å². The van der Waals surface area contributed by atoms with Gasteiger partial charge in [-0.2, -0.15) is 0 Å². The Kier molecular flexibility index (Phi) is 4.57. The summed E-state index contributed by atoms with van der Waals surface area (Å²) in [5.74, 6) is -1.96. The van der Waals surface area contributed by atoms with Gasteiger partial charge in [0.2, 0.25) is 0 Å². The number of thiocarbonyl (C=S) groups is 1. The molecule has 25 heavy (non-hydrogen) atoms. The van der Waals surface area contributed by atoms with Gasteiger partial charge in [0.1, 0.15) is 18.4 Å². The molecule has 0 radical (unpaired) electrons. The fourth-order valence-corrected chi connectivity index (χ4v) is 2.70. The van der Waals surface area contributed by atoms with Crippen molar-refractivity contribution in [1.29, 1.82) is 0 Å². The van der Waals surface area contributed by atoms with Crippen molar-refractivity contribution >= 4 is 40.9 Å². The summed E-state index contributed by atoms with van der Waals surface area (Å²) in [6.45, 7) is 0.346. The van der Waals surface area contributed by atoms with E-state index in [1.807, 2.05) is 0 Å². The molecule has 0 aromatic heterocycles. The van der Waals surface area contributed by atoms with Gasteiger partial charge in [0.15, 0.2) is 16.7 Å². The lowest BCUT2D eigenvalue weighted by Gasteiger charge is -2.18. The summed E-state index contributed by atoms with van der Waals surface area (Å²) in [7, 11) is 0. The van der Waals surface area contributed by atoms with Gasteiger partial charge in [-0.15, -0.1) is 0 Å². The minimum atomic E-state index is -0.980. The summed E-state index contributed by atoms with van der Waals surface area (Å²) in [4.78, 5) is 25.4. The summed E-state index contributed by atoms with van der Waals surface area (Å²) in [5, 5.41) is 2.70. The minimum absolute atomic E-state index is 0.0193. The number of carbonyl (C=O) groups is 2. The number of amides is 2. The number of ether oxygens (including phenoxy) is 2. The monoisotopic (exact) mass is 372 g/mol. The van der Waals surface area contributed by atoms with Gasteiger partial charge in [-0.05, 0) is 12.2 Å². The lowest BCUT2D eigenvalue weighted by molar-refractivity contribution is 0.143. The first-order valence-corrected chi connectivity index (χ1v) is 7.72. The van der Waals surface area contributed by atoms with Crippen LogP contribution in [0.3, 0.4) is 0 Å². The Morgan fingerprint density at radius 2 is 1.96 bits per heavy atom. The van der Waals surface area contributed by atoms with E-state index in [4.69, 9.17) is 10.5 Å². The highest BCUT2D eigenvalue weighted by molar-refractivity contribution is 7.80. The van der Waals surface area contributed by atoms with Gasteiger partial charge >= 0.3 is 12.2 Å². The predicted molar refractivity (Wildman–Crippen MR) is 87.5 cm³/mol. The molecule has 2 aliphatic heterocycles. The zero-order valence-electron chi connectivity index (χ0n) is 12.8. The highest BCUT2D eigenvalue weighted by Crippen LogP contribution is 2.32. The van der Waals surface area contributed by atoms with Crippen molar-refractivity contribution < 1.29 is 27.8 Å². The molecule has 0 saturated carbocycles. The molecule has 1 aromatic rings. The molecular formula is C14H14F2N4O4S. The van der Waals surface area contributed by atoms with Crippen molar-refractivity contribution in [2.75, 3.05) is 36.0 Å². The standard InChI is InChI=1S/C14H14F2N4O4S/c15-9-3-7(4-10(16)11(9)19-1-2-23-13(19)21)20-6-8(24-14(20)22)5-18-12(17)25/h3-4,8H,1-2,5-6H2,(H3,17,18,25)/t8-/m0/s1. The molecule has 2 amide bonds. The number of rotatable bonds is 4. The third kappa shape index (κ3) is 3.40. The van der Waals surface area contributed by atoms with E-state index in [1.165, 1.54) is 0 Å². The molecule has 2 saturated heterocycles. The third-order valence-corrected chi connectivity index (χ3v) is 3.87. The number of nitrogens with zero attached hydrogens (tertiary/aromatic N) is 2. The van der Waals surface area contributed by atoms with Gasteiger partial charge in [-0.25, -0.2) is 18.4 Å². The maximum atomic E-state index is 14.4. The van der Waals surface area contributed by atoms with E-state index in [0.717, 1.165) is 21.9 Å². The smallest absolute Gasteiger partial charge is 0.414 e. The highest BCUT2D eigenvalue weighted by atomic mass is 32.1. The molecule has 0 unspecified atom stereocenters. The SMILES string of the molecule is NC(=S)NC[C@H]1CN(c2cc(F)c(N3CCOC3=O)c(F)c2)C(=O)O1. The van der Waals surface area contributed by atoms with Crippen LogP contribution in [0.1, 0.15) is 0 Å². The number of hydrogen-bond acceptors (Lipinski definition) is 5. The molecule has 0 aliphatic carbocycles. The Hall–Kier alpha value is -2.69. The second-order valence-electron chi connectivity index (χ2n) is 5.39. The molecule has 3 N–H and O–H groups in total. The van der Waals surface area contributed by atoms with E-state index in [-0.39, 0.29) is 37.0 Å². The summed E-state index contributed by atoms with van der Waals surface area (Å²) in [6, 6.07) is 1.93. The summed E-state index contributed by atoms with van der Waals surface area (Å²) in [6.07, 6.45) is -2.15. The zero-order chi connectivity index (χ0) is 18.1. The Morgan fingerprint density at radius 3 is 2.52 bits per heavy atom. The van der Waals surface area contributed by atoms with Crippen LogP contribution >= 0.6 is 12.2 Å². The van der Waals surface area contributed by atoms with Crippen LogP contribution in [0.15, 0.2) is 12.1 Å². The molecule has 2 heterocycles. The van der Waals surface area contributed by atoms with Crippen LogP contribution in [0.2, 0.25) is 0 Å². The average molecular weight is 372 g/mol. The van der Waals surface area contributed by atoms with Crippen molar-refractivity contribution in [3.05, 3.63) is 23.8 Å². The molecule has 134 valence electrons. The Labute approximate surface area is 146 Å². The van der Waals surface area contributed by atoms with Gasteiger partial charge in [0.05, 0.1) is 25.3 Å². The quantitative estimate of drug-likeness (QED) is 0.764. The van der Waals surface area contributed by atoms with E-state index in [9.17, 15) is 18.4 Å². The maximum Gasteiger partial charge on any atom is 0.414 e.